The maximum atomic E-state index is 13.1. The predicted molar refractivity (Wildman–Crippen MR) is 127 cm³/mol. The van der Waals surface area contributed by atoms with Crippen LogP contribution in [0.5, 0.6) is 0 Å². The summed E-state index contributed by atoms with van der Waals surface area (Å²) in [6.07, 6.45) is 2.02. The molecule has 0 aliphatic carbocycles. The van der Waals surface area contributed by atoms with Crippen molar-refractivity contribution < 1.29 is 14.3 Å². The molecule has 2 amide bonds. The molecule has 1 aliphatic rings. The van der Waals surface area contributed by atoms with Gasteiger partial charge in [0.25, 0.3) is 0 Å². The number of para-hydroxylation sites is 1. The van der Waals surface area contributed by atoms with Crippen LogP contribution in [-0.2, 0) is 9.53 Å². The molecule has 1 atom stereocenters. The number of hydrogen-bond donors (Lipinski definition) is 1. The summed E-state index contributed by atoms with van der Waals surface area (Å²) in [4.78, 5) is 34.2. The molecule has 2 heterocycles. The average molecular weight is 445 g/mol. The highest BCUT2D eigenvalue weighted by molar-refractivity contribution is 7.98. The Hall–Kier alpha value is -2.48. The molecule has 31 heavy (non-hydrogen) atoms. The van der Waals surface area contributed by atoms with Crippen molar-refractivity contribution in [3.63, 3.8) is 0 Å². The number of pyridine rings is 1. The van der Waals surface area contributed by atoms with Gasteiger partial charge >= 0.3 is 6.09 Å². The number of thioether (sulfide) groups is 1. The third-order valence-corrected chi connectivity index (χ3v) is 5.74. The van der Waals surface area contributed by atoms with Crippen molar-refractivity contribution in [1.82, 2.24) is 15.2 Å². The number of hydrogen-bond acceptors (Lipinski definition) is 6. The van der Waals surface area contributed by atoms with Crippen LogP contribution < -0.4 is 10.2 Å². The molecule has 3 rings (SSSR count). The van der Waals surface area contributed by atoms with E-state index in [0.29, 0.717) is 32.6 Å². The van der Waals surface area contributed by atoms with Gasteiger partial charge in [-0.2, -0.15) is 11.8 Å². The molecule has 168 valence electrons. The van der Waals surface area contributed by atoms with E-state index in [4.69, 9.17) is 9.72 Å². The first-order valence-electron chi connectivity index (χ1n) is 10.6. The van der Waals surface area contributed by atoms with E-state index in [0.717, 1.165) is 22.5 Å². The Labute approximate surface area is 188 Å². The Kier molecular flexibility index (Phi) is 7.64. The third kappa shape index (κ3) is 6.50. The number of piperazine rings is 1. The molecule has 0 radical (unpaired) electrons. The van der Waals surface area contributed by atoms with E-state index in [9.17, 15) is 9.59 Å². The summed E-state index contributed by atoms with van der Waals surface area (Å²) in [7, 11) is 0. The second-order valence-electron chi connectivity index (χ2n) is 8.65. The number of ether oxygens (including phenoxy) is 1. The van der Waals surface area contributed by atoms with Gasteiger partial charge in [-0.1, -0.05) is 18.2 Å². The number of nitrogens with zero attached hydrogens (tertiary/aromatic N) is 3. The lowest BCUT2D eigenvalue weighted by Gasteiger charge is -2.37. The highest BCUT2D eigenvalue weighted by Crippen LogP contribution is 2.20. The first kappa shape index (κ1) is 23.2. The standard InChI is InChI=1S/C23H32N4O3S/c1-23(2,3)30-22(29)25-19(11-16-31-4)21(28)27-14-12-26(13-15-27)20-10-9-17-7-5-6-8-18(17)24-20/h5-10,19H,11-16H2,1-4H3,(H,25,29). The molecular weight excluding hydrogens is 412 g/mol. The molecule has 8 heteroatoms. The van der Waals surface area contributed by atoms with E-state index in [2.05, 4.69) is 22.3 Å². The third-order valence-electron chi connectivity index (χ3n) is 5.10. The number of benzene rings is 1. The lowest BCUT2D eigenvalue weighted by Crippen LogP contribution is -2.55. The van der Waals surface area contributed by atoms with Crippen molar-refractivity contribution in [2.45, 2.75) is 38.8 Å². The number of amides is 2. The van der Waals surface area contributed by atoms with Crippen LogP contribution in [0.15, 0.2) is 36.4 Å². The smallest absolute Gasteiger partial charge is 0.408 e. The monoisotopic (exact) mass is 444 g/mol. The van der Waals surface area contributed by atoms with E-state index < -0.39 is 17.7 Å². The summed E-state index contributed by atoms with van der Waals surface area (Å²) in [5.74, 6) is 1.66. The molecule has 1 N–H and O–H groups in total. The van der Waals surface area contributed by atoms with Crippen molar-refractivity contribution in [2.75, 3.05) is 43.1 Å². The Morgan fingerprint density at radius 3 is 2.52 bits per heavy atom. The van der Waals surface area contributed by atoms with Crippen molar-refractivity contribution >= 4 is 40.5 Å². The fourth-order valence-corrected chi connectivity index (χ4v) is 4.02. The first-order chi connectivity index (χ1) is 14.8. The van der Waals surface area contributed by atoms with Crippen molar-refractivity contribution in [2.24, 2.45) is 0 Å². The van der Waals surface area contributed by atoms with Crippen LogP contribution in [-0.4, -0.2) is 71.7 Å². The van der Waals surface area contributed by atoms with E-state index in [1.807, 2.05) is 56.2 Å². The summed E-state index contributed by atoms with van der Waals surface area (Å²) in [5.41, 5.74) is 0.368. The molecule has 1 unspecified atom stereocenters. The average Bonchev–Trinajstić information content (AvgIpc) is 2.74. The number of anilines is 1. The Morgan fingerprint density at radius 2 is 1.84 bits per heavy atom. The lowest BCUT2D eigenvalue weighted by atomic mass is 10.1. The summed E-state index contributed by atoms with van der Waals surface area (Å²) in [6.45, 7) is 8.04. The molecule has 0 spiro atoms. The molecular formula is C23H32N4O3S. The summed E-state index contributed by atoms with van der Waals surface area (Å²) in [5, 5.41) is 3.89. The van der Waals surface area contributed by atoms with Gasteiger partial charge in [0.2, 0.25) is 5.91 Å². The Morgan fingerprint density at radius 1 is 1.13 bits per heavy atom. The molecule has 1 saturated heterocycles. The fourth-order valence-electron chi connectivity index (χ4n) is 3.55. The van der Waals surface area contributed by atoms with Gasteiger partial charge < -0.3 is 19.9 Å². The minimum atomic E-state index is -0.602. The molecule has 1 fully saturated rings. The number of rotatable bonds is 6. The van der Waals surface area contributed by atoms with E-state index >= 15 is 0 Å². The van der Waals surface area contributed by atoms with Crippen LogP contribution in [0.4, 0.5) is 10.6 Å². The zero-order valence-corrected chi connectivity index (χ0v) is 19.6. The fraction of sp³-hybridized carbons (Fsp3) is 0.522. The Balaban J connectivity index is 1.61. The van der Waals surface area contributed by atoms with Crippen LogP contribution in [0.25, 0.3) is 10.9 Å². The lowest BCUT2D eigenvalue weighted by molar-refractivity contribution is -0.133. The minimum absolute atomic E-state index is 0.0500. The maximum Gasteiger partial charge on any atom is 0.408 e. The highest BCUT2D eigenvalue weighted by atomic mass is 32.2. The van der Waals surface area contributed by atoms with Gasteiger partial charge in [-0.15, -0.1) is 0 Å². The summed E-state index contributed by atoms with van der Waals surface area (Å²) in [6, 6.07) is 11.6. The van der Waals surface area contributed by atoms with Gasteiger partial charge in [-0.05, 0) is 57.4 Å². The zero-order chi connectivity index (χ0) is 22.4. The molecule has 1 aromatic carbocycles. The summed E-state index contributed by atoms with van der Waals surface area (Å²) >= 11 is 1.65. The second kappa shape index (κ2) is 10.2. The van der Waals surface area contributed by atoms with Gasteiger partial charge in [-0.25, -0.2) is 9.78 Å². The number of alkyl carbamates (subject to hydrolysis) is 1. The Bertz CT molecular complexity index is 907. The number of aromatic nitrogens is 1. The van der Waals surface area contributed by atoms with Crippen molar-refractivity contribution in [3.8, 4) is 0 Å². The highest BCUT2D eigenvalue weighted by Gasteiger charge is 2.30. The van der Waals surface area contributed by atoms with E-state index in [1.165, 1.54) is 0 Å². The van der Waals surface area contributed by atoms with E-state index in [1.54, 1.807) is 11.8 Å². The first-order valence-corrected chi connectivity index (χ1v) is 12.0. The zero-order valence-electron chi connectivity index (χ0n) is 18.8. The van der Waals surface area contributed by atoms with Crippen LogP contribution in [0.1, 0.15) is 27.2 Å². The largest absolute Gasteiger partial charge is 0.444 e. The SMILES string of the molecule is CSCCC(NC(=O)OC(C)(C)C)C(=O)N1CCN(c2ccc3ccccc3n2)CC1. The number of nitrogens with one attached hydrogen (secondary N) is 1. The number of carbonyl (C=O) groups excluding carboxylic acids is 2. The van der Waals surface area contributed by atoms with Crippen molar-refractivity contribution in [1.29, 1.82) is 0 Å². The quantitative estimate of drug-likeness (QED) is 0.735. The maximum absolute atomic E-state index is 13.1. The predicted octanol–water partition coefficient (Wildman–Crippen LogP) is 3.53. The van der Waals surface area contributed by atoms with Crippen LogP contribution in [0.3, 0.4) is 0 Å². The number of carbonyl (C=O) groups is 2. The molecule has 0 saturated carbocycles. The topological polar surface area (TPSA) is 74.8 Å². The van der Waals surface area contributed by atoms with Gasteiger partial charge in [0.05, 0.1) is 5.52 Å². The molecule has 7 nitrogen and oxygen atoms in total. The summed E-state index contributed by atoms with van der Waals surface area (Å²) < 4.78 is 5.35. The normalized spacial score (nSPS) is 15.6. The van der Waals surface area contributed by atoms with Crippen LogP contribution >= 0.6 is 11.8 Å². The van der Waals surface area contributed by atoms with Gasteiger partial charge in [-0.3, -0.25) is 4.79 Å². The van der Waals surface area contributed by atoms with Crippen LogP contribution in [0.2, 0.25) is 0 Å². The van der Waals surface area contributed by atoms with Gasteiger partial charge in [0.15, 0.2) is 0 Å². The van der Waals surface area contributed by atoms with Crippen molar-refractivity contribution in [3.05, 3.63) is 36.4 Å². The second-order valence-corrected chi connectivity index (χ2v) is 9.64. The molecule has 2 aromatic rings. The van der Waals surface area contributed by atoms with E-state index in [-0.39, 0.29) is 5.91 Å². The molecule has 0 bridgehead atoms. The molecule has 1 aromatic heterocycles. The number of fused-ring (bicyclic) bond motifs is 1. The van der Waals surface area contributed by atoms with Gasteiger partial charge in [0.1, 0.15) is 17.5 Å². The molecule has 1 aliphatic heterocycles. The van der Waals surface area contributed by atoms with Gasteiger partial charge in [0, 0.05) is 31.6 Å². The van der Waals surface area contributed by atoms with Crippen LogP contribution in [0, 0.1) is 0 Å². The minimum Gasteiger partial charge on any atom is -0.444 e.